The maximum atomic E-state index is 15.3. The molecule has 298 valence electrons. The third kappa shape index (κ3) is 5.86. The first-order valence-corrected chi connectivity index (χ1v) is 19.5. The quantitative estimate of drug-likeness (QED) is 0.154. The minimum Gasteiger partial charge on any atom is -0.508 e. The number of carbonyl (C=O) groups excluding carboxylic acids is 4. The molecule has 3 aliphatic heterocycles. The molecule has 4 heterocycles. The average Bonchev–Trinajstić information content (AvgIpc) is 3.59. The summed E-state index contributed by atoms with van der Waals surface area (Å²) >= 11 is 12.6. The van der Waals surface area contributed by atoms with E-state index in [-0.39, 0.29) is 30.3 Å². The highest BCUT2D eigenvalue weighted by Crippen LogP contribution is 2.65. The van der Waals surface area contributed by atoms with Crippen molar-refractivity contribution in [2.45, 2.75) is 30.4 Å². The molecule has 4 amide bonds. The van der Waals surface area contributed by atoms with Gasteiger partial charge in [0.2, 0.25) is 11.8 Å². The third-order valence-electron chi connectivity index (χ3n) is 12.3. The van der Waals surface area contributed by atoms with Gasteiger partial charge >= 0.3 is 6.18 Å². The summed E-state index contributed by atoms with van der Waals surface area (Å²) in [5.41, 5.74) is 2.34. The van der Waals surface area contributed by atoms with Gasteiger partial charge in [-0.3, -0.25) is 29.5 Å². The van der Waals surface area contributed by atoms with Gasteiger partial charge in [-0.05, 0) is 72.9 Å². The summed E-state index contributed by atoms with van der Waals surface area (Å²) < 4.78 is 46.0. The fourth-order valence-electron chi connectivity index (χ4n) is 9.75. The van der Waals surface area contributed by atoms with Gasteiger partial charge in [0.25, 0.3) is 11.8 Å². The number of nitrogens with zero attached hydrogens (tertiary/aromatic N) is 4. The number of hydrogen-bond donors (Lipinski definition) is 2. The summed E-state index contributed by atoms with van der Waals surface area (Å²) in [5.74, 6) is -7.55. The number of aromatic nitrogens is 1. The Kier molecular flexibility index (Phi) is 9.29. The number of hydrazine groups is 1. The van der Waals surface area contributed by atoms with E-state index in [1.165, 1.54) is 11.0 Å². The highest BCUT2D eigenvalue weighted by molar-refractivity contribution is 6.33. The summed E-state index contributed by atoms with van der Waals surface area (Å²) in [7, 11) is 0. The van der Waals surface area contributed by atoms with Crippen LogP contribution in [0.4, 0.5) is 30.4 Å². The highest BCUT2D eigenvalue weighted by atomic mass is 35.5. The van der Waals surface area contributed by atoms with Crippen molar-refractivity contribution in [3.05, 3.63) is 123 Å². The highest BCUT2D eigenvalue weighted by Gasteiger charge is 2.70. The number of amides is 4. The molecule has 2 aliphatic carbocycles. The van der Waals surface area contributed by atoms with Gasteiger partial charge in [0, 0.05) is 41.5 Å². The fraction of sp³-hybridized carbons (Fsp3) is 0.310. The van der Waals surface area contributed by atoms with Crippen LogP contribution in [0, 0.1) is 23.7 Å². The first-order chi connectivity index (χ1) is 27.8. The molecule has 4 aromatic rings. The number of imide groups is 2. The second kappa shape index (κ2) is 14.1. The Labute approximate surface area is 339 Å². The van der Waals surface area contributed by atoms with Crippen LogP contribution in [0.3, 0.4) is 0 Å². The number of allylic oxidation sites excluding steroid dienone is 2. The number of nitrogens with one attached hydrogen (secondary N) is 1. The SMILES string of the molecule is O=C1[C@@H]2C[C@@H]3C(=CC[C@@H]4C(=O)N(c5ccc(N6CCOCC6)cc5)C(=O)[C@@H]43)[C@H](c3ccccc3O)[C@]2(c2ccc(Cl)cc2)C(=O)N1Nc1ncc(C(F)(F)F)cc1Cl. The number of morpholine rings is 1. The number of fused-ring (bicyclic) bond motifs is 4. The van der Waals surface area contributed by atoms with Crippen molar-refractivity contribution in [2.75, 3.05) is 41.5 Å². The van der Waals surface area contributed by atoms with Gasteiger partial charge in [-0.15, -0.1) is 0 Å². The second-order valence-corrected chi connectivity index (χ2v) is 15.9. The predicted molar refractivity (Wildman–Crippen MR) is 207 cm³/mol. The Morgan fingerprint density at radius 1 is 0.862 bits per heavy atom. The van der Waals surface area contributed by atoms with Gasteiger partial charge in [-0.2, -0.15) is 18.2 Å². The predicted octanol–water partition coefficient (Wildman–Crippen LogP) is 7.14. The molecule has 9 rings (SSSR count). The van der Waals surface area contributed by atoms with Crippen molar-refractivity contribution < 1.29 is 42.2 Å². The molecular weight excluding hydrogens is 798 g/mol. The number of carbonyl (C=O) groups is 4. The summed E-state index contributed by atoms with van der Waals surface area (Å²) in [6, 6.07) is 20.7. The Balaban J connectivity index is 1.15. The standard InChI is InChI=1S/C42H34Cl2F3N5O6/c43-24-7-5-22(6-8-24)41-31(38(55)52(40(41)57)49-36-32(44)19-23(21-48-36)42(45,46)47)20-30-27(35(41)28-3-1-2-4-33(28)53)13-14-29-34(30)39(56)51(37(29)54)26-11-9-25(10-12-26)50-15-17-58-18-16-50/h1-13,19,21,29-31,34-35,53H,14-18,20H2,(H,48,49)/t29-,30+,31-,34-,35+,41+/m0/s1. The van der Waals surface area contributed by atoms with Crippen LogP contribution in [0.2, 0.25) is 10.0 Å². The molecule has 3 aromatic carbocycles. The number of pyridine rings is 1. The molecule has 0 radical (unpaired) electrons. The number of aromatic hydroxyl groups is 1. The number of halogens is 5. The van der Waals surface area contributed by atoms with E-state index in [1.807, 2.05) is 18.2 Å². The molecule has 11 nitrogen and oxygen atoms in total. The Hall–Kier alpha value is -5.44. The smallest absolute Gasteiger partial charge is 0.417 e. The first-order valence-electron chi connectivity index (χ1n) is 18.7. The number of ether oxygens (including phenoxy) is 1. The van der Waals surface area contributed by atoms with Gasteiger partial charge in [-0.1, -0.05) is 65.2 Å². The summed E-state index contributed by atoms with van der Waals surface area (Å²) in [4.78, 5) is 66.3. The molecule has 1 aromatic heterocycles. The van der Waals surface area contributed by atoms with Crippen LogP contribution < -0.4 is 15.2 Å². The van der Waals surface area contributed by atoms with Crippen molar-refractivity contribution >= 4 is 64.0 Å². The normalized spacial score (nSPS) is 27.0. The molecule has 2 N–H and O–H groups in total. The van der Waals surface area contributed by atoms with Crippen LogP contribution in [0.5, 0.6) is 5.75 Å². The molecule has 16 heteroatoms. The second-order valence-electron chi connectivity index (χ2n) is 15.1. The molecule has 3 saturated heterocycles. The molecule has 1 saturated carbocycles. The van der Waals surface area contributed by atoms with Crippen LogP contribution in [0.15, 0.2) is 96.7 Å². The van der Waals surface area contributed by atoms with Gasteiger partial charge < -0.3 is 14.7 Å². The number of rotatable bonds is 6. The van der Waals surface area contributed by atoms with E-state index in [9.17, 15) is 32.7 Å². The van der Waals surface area contributed by atoms with Gasteiger partial charge in [-0.25, -0.2) is 4.98 Å². The first kappa shape index (κ1) is 38.1. The van der Waals surface area contributed by atoms with Crippen molar-refractivity contribution in [1.29, 1.82) is 0 Å². The van der Waals surface area contributed by atoms with Gasteiger partial charge in [0.1, 0.15) is 5.75 Å². The van der Waals surface area contributed by atoms with E-state index in [4.69, 9.17) is 27.9 Å². The van der Waals surface area contributed by atoms with Gasteiger partial charge in [0.15, 0.2) is 5.82 Å². The Bertz CT molecular complexity index is 2390. The molecular formula is C42H34Cl2F3N5O6. The number of alkyl halides is 3. The lowest BCUT2D eigenvalue weighted by Gasteiger charge is -2.50. The fourth-order valence-corrected chi connectivity index (χ4v) is 10.1. The maximum Gasteiger partial charge on any atom is 0.417 e. The zero-order chi connectivity index (χ0) is 40.7. The van der Waals surface area contributed by atoms with E-state index < -0.39 is 69.5 Å². The number of phenols is 1. The molecule has 0 bridgehead atoms. The van der Waals surface area contributed by atoms with Crippen LogP contribution >= 0.6 is 23.2 Å². The van der Waals surface area contributed by atoms with E-state index in [1.54, 1.807) is 54.6 Å². The van der Waals surface area contributed by atoms with E-state index in [0.29, 0.717) is 71.0 Å². The molecule has 5 aliphatic rings. The Morgan fingerprint density at radius 3 is 2.22 bits per heavy atom. The summed E-state index contributed by atoms with van der Waals surface area (Å²) in [6.07, 6.45) is -2.26. The van der Waals surface area contributed by atoms with E-state index >= 15 is 4.79 Å². The molecule has 58 heavy (non-hydrogen) atoms. The third-order valence-corrected chi connectivity index (χ3v) is 12.8. The number of benzene rings is 3. The van der Waals surface area contributed by atoms with Crippen LogP contribution in [0.1, 0.15) is 35.4 Å². The number of phenolic OH excluding ortho intramolecular Hbond substituents is 1. The Morgan fingerprint density at radius 2 is 1.55 bits per heavy atom. The van der Waals surface area contributed by atoms with Crippen molar-refractivity contribution in [1.82, 2.24) is 9.99 Å². The molecule has 6 atom stereocenters. The van der Waals surface area contributed by atoms with Crippen LogP contribution in [0.25, 0.3) is 0 Å². The number of hydrogen-bond acceptors (Lipinski definition) is 9. The van der Waals surface area contributed by atoms with E-state index in [0.717, 1.165) is 5.69 Å². The summed E-state index contributed by atoms with van der Waals surface area (Å²) in [6.45, 7) is 2.60. The maximum absolute atomic E-state index is 15.3. The molecule has 0 spiro atoms. The lowest BCUT2D eigenvalue weighted by molar-refractivity contribution is -0.139. The lowest BCUT2D eigenvalue weighted by Crippen LogP contribution is -2.53. The minimum atomic E-state index is -4.75. The zero-order valence-electron chi connectivity index (χ0n) is 30.5. The van der Waals surface area contributed by atoms with Crippen LogP contribution in [-0.4, -0.2) is 65.0 Å². The topological polar surface area (TPSA) is 132 Å². The van der Waals surface area contributed by atoms with E-state index in [2.05, 4.69) is 15.3 Å². The number of para-hydroxylation sites is 1. The van der Waals surface area contributed by atoms with Crippen molar-refractivity contribution in [3.8, 4) is 5.75 Å². The monoisotopic (exact) mass is 831 g/mol. The minimum absolute atomic E-state index is 0.0561. The molecule has 4 fully saturated rings. The van der Waals surface area contributed by atoms with Crippen molar-refractivity contribution in [2.24, 2.45) is 23.7 Å². The van der Waals surface area contributed by atoms with Gasteiger partial charge in [0.05, 0.1) is 52.7 Å². The number of anilines is 3. The zero-order valence-corrected chi connectivity index (χ0v) is 32.0. The van der Waals surface area contributed by atoms with Crippen LogP contribution in [-0.2, 0) is 35.5 Å². The van der Waals surface area contributed by atoms with Crippen molar-refractivity contribution in [3.63, 3.8) is 0 Å². The largest absolute Gasteiger partial charge is 0.508 e. The molecule has 0 unspecified atom stereocenters. The lowest BCUT2D eigenvalue weighted by atomic mass is 9.49. The summed E-state index contributed by atoms with van der Waals surface area (Å²) in [5, 5.41) is 12.1. The average molecular weight is 833 g/mol.